The van der Waals surface area contributed by atoms with E-state index in [-0.39, 0.29) is 11.8 Å². The fraction of sp³-hybridized carbons (Fsp3) is 0.267. The summed E-state index contributed by atoms with van der Waals surface area (Å²) in [7, 11) is 0. The number of carboxylic acids is 1. The predicted molar refractivity (Wildman–Crippen MR) is 69.2 cm³/mol. The van der Waals surface area contributed by atoms with Crippen molar-refractivity contribution in [2.45, 2.75) is 25.7 Å². The van der Waals surface area contributed by atoms with Gasteiger partial charge in [0.2, 0.25) is 0 Å². The Labute approximate surface area is 101 Å². The van der Waals surface area contributed by atoms with Gasteiger partial charge in [-0.2, -0.15) is 0 Å². The van der Waals surface area contributed by atoms with Crippen LogP contribution in [-0.2, 0) is 10.2 Å². The molecule has 0 saturated carbocycles. The summed E-state index contributed by atoms with van der Waals surface area (Å²) in [4.78, 5) is 10.9. The van der Waals surface area contributed by atoms with Crippen LogP contribution in [0.15, 0.2) is 42.5 Å². The maximum atomic E-state index is 10.9. The molecule has 0 aliphatic carbocycles. The molecular formula is C15H16O2. The number of fused-ring (bicyclic) bond motifs is 1. The summed E-state index contributed by atoms with van der Waals surface area (Å²) >= 11 is 0. The van der Waals surface area contributed by atoms with E-state index in [0.717, 1.165) is 16.3 Å². The maximum absolute atomic E-state index is 10.9. The Hall–Kier alpha value is -1.83. The topological polar surface area (TPSA) is 37.3 Å². The van der Waals surface area contributed by atoms with Crippen LogP contribution in [0.1, 0.15) is 25.8 Å². The molecule has 17 heavy (non-hydrogen) atoms. The Bertz CT molecular complexity index is 550. The van der Waals surface area contributed by atoms with Gasteiger partial charge in [0.15, 0.2) is 0 Å². The fourth-order valence-corrected chi connectivity index (χ4v) is 2.29. The molecule has 2 nitrogen and oxygen atoms in total. The smallest absolute Gasteiger partial charge is 0.304 e. The van der Waals surface area contributed by atoms with E-state index in [1.54, 1.807) is 0 Å². The molecule has 0 radical (unpaired) electrons. The van der Waals surface area contributed by atoms with E-state index in [1.165, 1.54) is 0 Å². The van der Waals surface area contributed by atoms with Crippen LogP contribution < -0.4 is 0 Å². The van der Waals surface area contributed by atoms with Crippen LogP contribution in [0.5, 0.6) is 0 Å². The number of carboxylic acid groups (broad SMARTS) is 1. The molecule has 2 aromatic carbocycles. The van der Waals surface area contributed by atoms with Gasteiger partial charge in [-0.15, -0.1) is 0 Å². The van der Waals surface area contributed by atoms with Crippen molar-refractivity contribution in [3.8, 4) is 0 Å². The Morgan fingerprint density at radius 1 is 1.12 bits per heavy atom. The summed E-state index contributed by atoms with van der Waals surface area (Å²) in [6.45, 7) is 3.95. The highest BCUT2D eigenvalue weighted by Gasteiger charge is 2.25. The van der Waals surface area contributed by atoms with Gasteiger partial charge in [0.05, 0.1) is 6.42 Å². The molecule has 0 atom stereocenters. The molecule has 0 fully saturated rings. The molecule has 2 rings (SSSR count). The Kier molecular flexibility index (Phi) is 2.88. The fourth-order valence-electron chi connectivity index (χ4n) is 2.29. The number of carbonyl (C=O) groups is 1. The van der Waals surface area contributed by atoms with Gasteiger partial charge in [-0.3, -0.25) is 4.79 Å². The largest absolute Gasteiger partial charge is 0.481 e. The molecule has 0 saturated heterocycles. The monoisotopic (exact) mass is 228 g/mol. The van der Waals surface area contributed by atoms with E-state index < -0.39 is 5.97 Å². The zero-order chi connectivity index (χ0) is 12.5. The minimum atomic E-state index is -0.761. The van der Waals surface area contributed by atoms with Crippen molar-refractivity contribution in [1.29, 1.82) is 0 Å². The lowest BCUT2D eigenvalue weighted by molar-refractivity contribution is -0.138. The lowest BCUT2D eigenvalue weighted by atomic mass is 9.79. The van der Waals surface area contributed by atoms with Crippen LogP contribution >= 0.6 is 0 Å². The summed E-state index contributed by atoms with van der Waals surface area (Å²) in [6, 6.07) is 14.1. The summed E-state index contributed by atoms with van der Waals surface area (Å²) in [6.07, 6.45) is 0.140. The van der Waals surface area contributed by atoms with Crippen LogP contribution in [0.2, 0.25) is 0 Å². The molecule has 0 heterocycles. The van der Waals surface area contributed by atoms with Gasteiger partial charge in [-0.05, 0) is 16.3 Å². The zero-order valence-corrected chi connectivity index (χ0v) is 10.1. The van der Waals surface area contributed by atoms with Crippen LogP contribution in [0.25, 0.3) is 10.8 Å². The first-order valence-corrected chi connectivity index (χ1v) is 5.71. The molecule has 2 aromatic rings. The quantitative estimate of drug-likeness (QED) is 0.871. The van der Waals surface area contributed by atoms with Gasteiger partial charge < -0.3 is 5.11 Å². The van der Waals surface area contributed by atoms with E-state index in [2.05, 4.69) is 12.1 Å². The molecule has 2 heteroatoms. The SMILES string of the molecule is CC(C)(CC(=O)O)c1cccc2ccccc12. The van der Waals surface area contributed by atoms with Crippen LogP contribution in [-0.4, -0.2) is 11.1 Å². The lowest BCUT2D eigenvalue weighted by Gasteiger charge is -2.24. The van der Waals surface area contributed by atoms with E-state index in [0.29, 0.717) is 0 Å². The molecule has 0 unspecified atom stereocenters. The zero-order valence-electron chi connectivity index (χ0n) is 10.1. The van der Waals surface area contributed by atoms with Gasteiger partial charge >= 0.3 is 5.97 Å². The number of benzene rings is 2. The standard InChI is InChI=1S/C15H16O2/c1-15(2,10-14(16)17)13-9-5-7-11-6-3-4-8-12(11)13/h3-9H,10H2,1-2H3,(H,16,17). The average molecular weight is 228 g/mol. The predicted octanol–water partition coefficient (Wildman–Crippen LogP) is 3.59. The van der Waals surface area contributed by atoms with Crippen molar-refractivity contribution in [2.75, 3.05) is 0 Å². The number of hydrogen-bond donors (Lipinski definition) is 1. The summed E-state index contributed by atoms with van der Waals surface area (Å²) < 4.78 is 0. The van der Waals surface area contributed by atoms with E-state index >= 15 is 0 Å². The van der Waals surface area contributed by atoms with Crippen molar-refractivity contribution in [2.24, 2.45) is 0 Å². The second-order valence-electron chi connectivity index (χ2n) is 4.98. The third-order valence-electron chi connectivity index (χ3n) is 3.11. The number of hydrogen-bond acceptors (Lipinski definition) is 1. The minimum Gasteiger partial charge on any atom is -0.481 e. The Morgan fingerprint density at radius 2 is 1.76 bits per heavy atom. The van der Waals surface area contributed by atoms with Crippen molar-refractivity contribution in [1.82, 2.24) is 0 Å². The molecule has 1 N–H and O–H groups in total. The van der Waals surface area contributed by atoms with Crippen molar-refractivity contribution in [3.63, 3.8) is 0 Å². The van der Waals surface area contributed by atoms with Gasteiger partial charge in [-0.25, -0.2) is 0 Å². The molecule has 0 bridgehead atoms. The van der Waals surface area contributed by atoms with Crippen molar-refractivity contribution >= 4 is 16.7 Å². The van der Waals surface area contributed by atoms with Crippen LogP contribution in [0.4, 0.5) is 0 Å². The highest BCUT2D eigenvalue weighted by atomic mass is 16.4. The molecule has 0 spiro atoms. The van der Waals surface area contributed by atoms with Crippen molar-refractivity contribution in [3.05, 3.63) is 48.0 Å². The summed E-state index contributed by atoms with van der Waals surface area (Å²) in [5.41, 5.74) is 0.741. The third kappa shape index (κ3) is 2.31. The first-order valence-electron chi connectivity index (χ1n) is 5.71. The second-order valence-corrected chi connectivity index (χ2v) is 4.98. The van der Waals surface area contributed by atoms with Crippen LogP contribution in [0, 0.1) is 0 Å². The van der Waals surface area contributed by atoms with E-state index in [1.807, 2.05) is 44.2 Å². The highest BCUT2D eigenvalue weighted by molar-refractivity contribution is 5.87. The summed E-state index contributed by atoms with van der Waals surface area (Å²) in [5.74, 6) is -0.761. The van der Waals surface area contributed by atoms with Crippen LogP contribution in [0.3, 0.4) is 0 Å². The first kappa shape index (κ1) is 11.6. The second kappa shape index (κ2) is 4.21. The minimum absolute atomic E-state index is 0.140. The van der Waals surface area contributed by atoms with Gasteiger partial charge in [-0.1, -0.05) is 56.3 Å². The maximum Gasteiger partial charge on any atom is 0.304 e. The molecule has 0 aliphatic heterocycles. The molecule has 0 aliphatic rings. The highest BCUT2D eigenvalue weighted by Crippen LogP contribution is 2.32. The molecular weight excluding hydrogens is 212 g/mol. The van der Waals surface area contributed by atoms with Gasteiger partial charge in [0, 0.05) is 5.41 Å². The van der Waals surface area contributed by atoms with Gasteiger partial charge in [0.1, 0.15) is 0 Å². The van der Waals surface area contributed by atoms with Gasteiger partial charge in [0.25, 0.3) is 0 Å². The first-order chi connectivity index (χ1) is 8.00. The molecule has 0 amide bonds. The normalized spacial score (nSPS) is 11.6. The average Bonchev–Trinajstić information content (AvgIpc) is 2.26. The van der Waals surface area contributed by atoms with E-state index in [9.17, 15) is 4.79 Å². The lowest BCUT2D eigenvalue weighted by Crippen LogP contribution is -2.21. The number of rotatable bonds is 3. The Morgan fingerprint density at radius 3 is 2.47 bits per heavy atom. The van der Waals surface area contributed by atoms with Crippen molar-refractivity contribution < 1.29 is 9.90 Å². The summed E-state index contributed by atoms with van der Waals surface area (Å²) in [5, 5.41) is 11.3. The third-order valence-corrected chi connectivity index (χ3v) is 3.11. The molecule has 0 aromatic heterocycles. The molecule has 88 valence electrons. The Balaban J connectivity index is 2.58. The number of aliphatic carboxylic acids is 1. The van der Waals surface area contributed by atoms with E-state index in [4.69, 9.17) is 5.11 Å².